The normalized spacial score (nSPS) is 15.1. The van der Waals surface area contributed by atoms with E-state index in [-0.39, 0.29) is 17.5 Å². The molecule has 1 aliphatic rings. The van der Waals surface area contributed by atoms with Crippen molar-refractivity contribution >= 4 is 11.9 Å². The van der Waals surface area contributed by atoms with Gasteiger partial charge in [-0.1, -0.05) is 6.07 Å². The van der Waals surface area contributed by atoms with E-state index in [1.54, 1.807) is 16.9 Å². The Labute approximate surface area is 150 Å². The van der Waals surface area contributed by atoms with Crippen molar-refractivity contribution in [3.63, 3.8) is 0 Å². The minimum atomic E-state index is -0.267. The molecule has 1 saturated heterocycles. The Bertz CT molecular complexity index is 657. The number of aryl methyl sites for hydroxylation is 2. The zero-order valence-electron chi connectivity index (χ0n) is 16.1. The number of nitrogens with one attached hydrogen (secondary N) is 1. The molecule has 1 aromatic rings. The standard InChI is InChI=1S/C19H29N3O3/c1-13-11-14(2)16(15(12-13)25-6)17(23)21-7-9-22(10-8-21)18(24)20-19(3,4)5/h11-12H,7-10H2,1-6H3,(H,20,24). The first-order chi connectivity index (χ1) is 11.6. The molecule has 25 heavy (non-hydrogen) atoms. The van der Waals surface area contributed by atoms with Gasteiger partial charge in [-0.3, -0.25) is 4.79 Å². The fraction of sp³-hybridized carbons (Fsp3) is 0.579. The molecule has 6 heteroatoms. The molecule has 0 aromatic heterocycles. The van der Waals surface area contributed by atoms with E-state index in [4.69, 9.17) is 4.74 Å². The number of carbonyl (C=O) groups is 2. The van der Waals surface area contributed by atoms with Gasteiger partial charge in [0.25, 0.3) is 5.91 Å². The average Bonchev–Trinajstić information content (AvgIpc) is 2.52. The van der Waals surface area contributed by atoms with Gasteiger partial charge in [0.1, 0.15) is 5.75 Å². The first kappa shape index (κ1) is 19.1. The molecule has 1 aromatic carbocycles. The first-order valence-corrected chi connectivity index (χ1v) is 8.64. The van der Waals surface area contributed by atoms with Crippen molar-refractivity contribution in [1.82, 2.24) is 15.1 Å². The van der Waals surface area contributed by atoms with Crippen LogP contribution in [0, 0.1) is 13.8 Å². The van der Waals surface area contributed by atoms with Gasteiger partial charge in [-0.15, -0.1) is 0 Å². The molecule has 0 radical (unpaired) electrons. The molecule has 1 fully saturated rings. The number of hydrogen-bond donors (Lipinski definition) is 1. The van der Waals surface area contributed by atoms with Crippen molar-refractivity contribution in [3.05, 3.63) is 28.8 Å². The maximum atomic E-state index is 12.9. The van der Waals surface area contributed by atoms with Gasteiger partial charge in [-0.05, 0) is 51.8 Å². The van der Waals surface area contributed by atoms with E-state index in [9.17, 15) is 9.59 Å². The summed E-state index contributed by atoms with van der Waals surface area (Å²) in [5, 5.41) is 2.96. The molecule has 0 atom stereocenters. The Morgan fingerprint density at radius 3 is 2.12 bits per heavy atom. The highest BCUT2D eigenvalue weighted by Gasteiger charge is 2.28. The van der Waals surface area contributed by atoms with Crippen LogP contribution >= 0.6 is 0 Å². The highest BCUT2D eigenvalue weighted by molar-refractivity contribution is 5.98. The summed E-state index contributed by atoms with van der Waals surface area (Å²) in [6.45, 7) is 11.9. The van der Waals surface area contributed by atoms with E-state index >= 15 is 0 Å². The van der Waals surface area contributed by atoms with E-state index in [1.807, 2.05) is 46.8 Å². The van der Waals surface area contributed by atoms with Crippen molar-refractivity contribution in [2.75, 3.05) is 33.3 Å². The van der Waals surface area contributed by atoms with Gasteiger partial charge >= 0.3 is 6.03 Å². The molecule has 0 spiro atoms. The average molecular weight is 347 g/mol. The minimum Gasteiger partial charge on any atom is -0.496 e. The monoisotopic (exact) mass is 347 g/mol. The fourth-order valence-corrected chi connectivity index (χ4v) is 3.03. The van der Waals surface area contributed by atoms with Gasteiger partial charge < -0.3 is 19.9 Å². The van der Waals surface area contributed by atoms with Crippen molar-refractivity contribution in [3.8, 4) is 5.75 Å². The van der Waals surface area contributed by atoms with E-state index in [0.29, 0.717) is 37.5 Å². The number of nitrogens with zero attached hydrogens (tertiary/aromatic N) is 2. The van der Waals surface area contributed by atoms with E-state index in [2.05, 4.69) is 5.32 Å². The van der Waals surface area contributed by atoms with Crippen LogP contribution in [0.5, 0.6) is 5.75 Å². The molecule has 138 valence electrons. The van der Waals surface area contributed by atoms with Crippen molar-refractivity contribution in [1.29, 1.82) is 0 Å². The number of ether oxygens (including phenoxy) is 1. The molecule has 2 rings (SSSR count). The number of carbonyl (C=O) groups excluding carboxylic acids is 2. The Balaban J connectivity index is 2.06. The largest absolute Gasteiger partial charge is 0.496 e. The van der Waals surface area contributed by atoms with Crippen LogP contribution in [-0.4, -0.2) is 60.6 Å². The number of benzene rings is 1. The predicted molar refractivity (Wildman–Crippen MR) is 98.2 cm³/mol. The maximum Gasteiger partial charge on any atom is 0.317 e. The van der Waals surface area contributed by atoms with Crippen LogP contribution in [0.15, 0.2) is 12.1 Å². The summed E-state index contributed by atoms with van der Waals surface area (Å²) < 4.78 is 5.41. The first-order valence-electron chi connectivity index (χ1n) is 8.64. The quantitative estimate of drug-likeness (QED) is 0.894. The Morgan fingerprint density at radius 1 is 1.04 bits per heavy atom. The highest BCUT2D eigenvalue weighted by Crippen LogP contribution is 2.26. The summed E-state index contributed by atoms with van der Waals surface area (Å²) in [6.07, 6.45) is 0. The number of rotatable bonds is 2. The third kappa shape index (κ3) is 4.65. The fourth-order valence-electron chi connectivity index (χ4n) is 3.03. The van der Waals surface area contributed by atoms with Gasteiger partial charge in [-0.2, -0.15) is 0 Å². The highest BCUT2D eigenvalue weighted by atomic mass is 16.5. The third-order valence-corrected chi connectivity index (χ3v) is 4.21. The van der Waals surface area contributed by atoms with Gasteiger partial charge in [0.05, 0.1) is 12.7 Å². The number of methoxy groups -OCH3 is 1. The molecule has 1 N–H and O–H groups in total. The van der Waals surface area contributed by atoms with Gasteiger partial charge in [0, 0.05) is 31.7 Å². The van der Waals surface area contributed by atoms with Crippen LogP contribution in [-0.2, 0) is 0 Å². The smallest absolute Gasteiger partial charge is 0.317 e. The Morgan fingerprint density at radius 2 is 1.60 bits per heavy atom. The second kappa shape index (κ2) is 7.33. The van der Waals surface area contributed by atoms with Crippen LogP contribution < -0.4 is 10.1 Å². The lowest BCUT2D eigenvalue weighted by Gasteiger charge is -2.36. The van der Waals surface area contributed by atoms with Crippen molar-refractivity contribution in [2.24, 2.45) is 0 Å². The summed E-state index contributed by atoms with van der Waals surface area (Å²) in [5.74, 6) is 0.570. The summed E-state index contributed by atoms with van der Waals surface area (Å²) in [5.41, 5.74) is 2.32. The second-order valence-electron chi connectivity index (χ2n) is 7.62. The second-order valence-corrected chi connectivity index (χ2v) is 7.62. The summed E-state index contributed by atoms with van der Waals surface area (Å²) in [4.78, 5) is 28.7. The van der Waals surface area contributed by atoms with Crippen LogP contribution in [0.2, 0.25) is 0 Å². The molecule has 0 saturated carbocycles. The molecule has 0 aliphatic carbocycles. The van der Waals surface area contributed by atoms with Crippen LogP contribution in [0.3, 0.4) is 0 Å². The topological polar surface area (TPSA) is 61.9 Å². The van der Waals surface area contributed by atoms with E-state index in [1.165, 1.54) is 0 Å². The number of amides is 3. The lowest BCUT2D eigenvalue weighted by Crippen LogP contribution is -2.56. The Hall–Kier alpha value is -2.24. The van der Waals surface area contributed by atoms with Gasteiger partial charge in [-0.25, -0.2) is 4.79 Å². The maximum absolute atomic E-state index is 12.9. The lowest BCUT2D eigenvalue weighted by molar-refractivity contribution is 0.0657. The molecule has 3 amide bonds. The van der Waals surface area contributed by atoms with Gasteiger partial charge in [0.15, 0.2) is 0 Å². The molecular weight excluding hydrogens is 318 g/mol. The van der Waals surface area contributed by atoms with E-state index < -0.39 is 0 Å². The summed E-state index contributed by atoms with van der Waals surface area (Å²) in [6, 6.07) is 3.79. The summed E-state index contributed by atoms with van der Waals surface area (Å²) in [7, 11) is 1.58. The molecule has 0 bridgehead atoms. The van der Waals surface area contributed by atoms with Gasteiger partial charge in [0.2, 0.25) is 0 Å². The van der Waals surface area contributed by atoms with E-state index in [0.717, 1.165) is 11.1 Å². The Kier molecular flexibility index (Phi) is 5.60. The zero-order chi connectivity index (χ0) is 18.8. The van der Waals surface area contributed by atoms with Crippen molar-refractivity contribution in [2.45, 2.75) is 40.2 Å². The van der Waals surface area contributed by atoms with Crippen LogP contribution in [0.25, 0.3) is 0 Å². The summed E-state index contributed by atoms with van der Waals surface area (Å²) >= 11 is 0. The third-order valence-electron chi connectivity index (χ3n) is 4.21. The lowest BCUT2D eigenvalue weighted by atomic mass is 10.0. The predicted octanol–water partition coefficient (Wildman–Crippen LogP) is 2.58. The number of piperazine rings is 1. The number of hydrogen-bond acceptors (Lipinski definition) is 3. The zero-order valence-corrected chi connectivity index (χ0v) is 16.1. The van der Waals surface area contributed by atoms with Crippen LogP contribution in [0.4, 0.5) is 4.79 Å². The van der Waals surface area contributed by atoms with Crippen molar-refractivity contribution < 1.29 is 14.3 Å². The molecule has 0 unspecified atom stereocenters. The minimum absolute atomic E-state index is 0.0368. The SMILES string of the molecule is COc1cc(C)cc(C)c1C(=O)N1CCN(C(=O)NC(C)(C)C)CC1. The molecule has 6 nitrogen and oxygen atoms in total. The molecule has 1 heterocycles. The molecular formula is C19H29N3O3. The molecule has 1 aliphatic heterocycles. The number of urea groups is 1. The van der Waals surface area contributed by atoms with Crippen LogP contribution in [0.1, 0.15) is 42.3 Å².